The molecule has 0 bridgehead atoms. The second-order valence-electron chi connectivity index (χ2n) is 23.7. The number of aromatic nitrogens is 11. The summed E-state index contributed by atoms with van der Waals surface area (Å²) in [7, 11) is 0. The first-order valence-electron chi connectivity index (χ1n) is 41.8. The Balaban J connectivity index is 0.000000642. The van der Waals surface area contributed by atoms with Crippen LogP contribution in [0.1, 0.15) is 175 Å². The van der Waals surface area contributed by atoms with Crippen molar-refractivity contribution < 1.29 is 0 Å². The van der Waals surface area contributed by atoms with E-state index in [1.54, 1.807) is 6.33 Å². The van der Waals surface area contributed by atoms with Crippen molar-refractivity contribution in [2.45, 2.75) is 187 Å². The Morgan fingerprint density at radius 1 is 0.197 bits per heavy atom. The predicted molar refractivity (Wildman–Crippen MR) is 516 cm³/mol. The Hall–Kier alpha value is -12.5. The molecular weight excluding hydrogens is 1430 g/mol. The summed E-state index contributed by atoms with van der Waals surface area (Å²) < 4.78 is 0. The van der Waals surface area contributed by atoms with Gasteiger partial charge in [-0.05, 0) is 171 Å². The van der Waals surface area contributed by atoms with E-state index in [0.29, 0.717) is 0 Å². The van der Waals surface area contributed by atoms with Gasteiger partial charge in [0.1, 0.15) is 12.2 Å². The zero-order valence-electron chi connectivity index (χ0n) is 75.4. The van der Waals surface area contributed by atoms with Crippen LogP contribution in [0.2, 0.25) is 0 Å². The third-order valence-electron chi connectivity index (χ3n) is 16.3. The number of nitrogens with zero attached hydrogens (tertiary/aromatic N) is 11. The molecule has 9 aromatic heterocycles. The molecule has 612 valence electrons. The fraction of sp³-hybridized carbons (Fsp3) is 0.255. The molecule has 0 amide bonds. The maximum atomic E-state index is 4.26. The van der Waals surface area contributed by atoms with Gasteiger partial charge in [-0.15, -0.1) is 0 Å². The Labute approximate surface area is 702 Å². The summed E-state index contributed by atoms with van der Waals surface area (Å²) in [4.78, 5) is 45.3. The van der Waals surface area contributed by atoms with E-state index < -0.39 is 0 Å². The number of fused-ring (bicyclic) bond motifs is 9. The molecule has 18 aromatic rings. The first-order chi connectivity index (χ1) is 57.3. The lowest BCUT2D eigenvalue weighted by atomic mass is 10.1. The van der Waals surface area contributed by atoms with Crippen LogP contribution < -0.4 is 0 Å². The van der Waals surface area contributed by atoms with Gasteiger partial charge in [0.25, 0.3) is 0 Å². The smallest absolute Gasteiger partial charge is 0.125 e. The zero-order valence-corrected chi connectivity index (χ0v) is 75.4. The fourth-order valence-electron chi connectivity index (χ4n) is 10.9. The fourth-order valence-corrected chi connectivity index (χ4v) is 10.9. The first-order valence-corrected chi connectivity index (χ1v) is 41.8. The van der Waals surface area contributed by atoms with Crippen LogP contribution in [0, 0.1) is 62.3 Å². The first kappa shape index (κ1) is 103. The lowest BCUT2D eigenvalue weighted by Gasteiger charge is -1.98. The maximum Gasteiger partial charge on any atom is 0.125 e. The summed E-state index contributed by atoms with van der Waals surface area (Å²) in [6.07, 6.45) is 25.8. The lowest BCUT2D eigenvalue weighted by molar-refractivity contribution is 1.09. The predicted octanol–water partition coefficient (Wildman–Crippen LogP) is 30.9. The van der Waals surface area contributed by atoms with Gasteiger partial charge < -0.3 is 0 Å². The third-order valence-corrected chi connectivity index (χ3v) is 16.3. The Kier molecular flexibility index (Phi) is 55.1. The Morgan fingerprint density at radius 2 is 0.590 bits per heavy atom. The molecule has 11 heteroatoms. The second-order valence-corrected chi connectivity index (χ2v) is 23.7. The average Bonchev–Trinajstić information content (AvgIpc) is 0.842. The van der Waals surface area contributed by atoms with Crippen LogP contribution in [0.4, 0.5) is 0 Å². The molecule has 0 aliphatic rings. The molecule has 0 fully saturated rings. The molecule has 0 spiro atoms. The van der Waals surface area contributed by atoms with Gasteiger partial charge in [-0.3, -0.25) is 34.9 Å². The van der Waals surface area contributed by atoms with Crippen molar-refractivity contribution in [1.29, 1.82) is 0 Å². The van der Waals surface area contributed by atoms with E-state index in [-0.39, 0.29) is 0 Å². The highest BCUT2D eigenvalue weighted by atomic mass is 14.9. The maximum absolute atomic E-state index is 4.26. The molecule has 0 aliphatic heterocycles. The van der Waals surface area contributed by atoms with Crippen molar-refractivity contribution >= 4 is 97.2 Å². The van der Waals surface area contributed by atoms with Crippen molar-refractivity contribution in [1.82, 2.24) is 54.8 Å². The largest absolute Gasteiger partial charge is 0.264 e. The topological polar surface area (TPSA) is 142 Å². The molecule has 117 heavy (non-hydrogen) atoms. The standard InChI is InChI=1S/7C10H9N.2C9H8N2.9C2H6/c1-8-2-3-10-7-11-5-4-9(10)6-8;1-8-2-3-9-4-5-11-7-10(9)6-8;1-8-3-2-4-9-7-11-6-5-10(8)9;1-8-3-2-4-9-5-6-11-7-10(8)9;1-8-6-11-7-9-4-2-3-5-10(8)9;1-8-6-9-4-2-3-5-10(9)7-11-8;1-8-10-5-3-2-4-9(10)6-7-11-8;1-7-8-4-2-3-5-9(8)11-6-10-7;1-7-10-6-8-4-2-3-5-9(8)11-7;9*1-2/h7*2-7H,1H3;2*2-6H,1H3;9*1-2H3. The minimum atomic E-state index is 0.823. The van der Waals surface area contributed by atoms with Crippen molar-refractivity contribution in [2.75, 3.05) is 0 Å². The molecule has 9 aromatic carbocycles. The normalized spacial score (nSPS) is 9.15. The van der Waals surface area contributed by atoms with Crippen LogP contribution in [0.5, 0.6) is 0 Å². The van der Waals surface area contributed by atoms with Gasteiger partial charge in [-0.2, -0.15) is 0 Å². The third kappa shape index (κ3) is 35.9. The van der Waals surface area contributed by atoms with E-state index in [9.17, 15) is 0 Å². The van der Waals surface area contributed by atoms with Gasteiger partial charge in [-0.1, -0.05) is 312 Å². The SMILES string of the molecule is CC.CC.CC.CC.CC.CC.CC.CC.CC.Cc1cc2ccccc2cn1.Cc1ccc2ccncc2c1.Cc1ccc2cnccc2c1.Cc1cccc2ccncc12.Cc1cccc2cnccc12.Cc1cncc2ccccc12.Cc1ncc2ccccc2n1.Cc1nccc2ccccc12.Cc1ncnc2ccccc12. The summed E-state index contributed by atoms with van der Waals surface area (Å²) in [5.41, 5.74) is 11.7. The number of benzene rings is 9. The number of hydrogen-bond donors (Lipinski definition) is 0. The molecule has 11 nitrogen and oxygen atoms in total. The molecule has 0 saturated carbocycles. The highest BCUT2D eigenvalue weighted by Gasteiger charge is 2.00. The monoisotopic (exact) mass is 1560 g/mol. The van der Waals surface area contributed by atoms with Crippen molar-refractivity contribution in [3.05, 3.63) is 368 Å². The molecule has 9 heterocycles. The zero-order chi connectivity index (χ0) is 87.1. The van der Waals surface area contributed by atoms with Gasteiger partial charge in [0.2, 0.25) is 0 Å². The number of hydrogen-bond acceptors (Lipinski definition) is 11. The minimum absolute atomic E-state index is 0.823. The average molecular weight is 1560 g/mol. The molecule has 0 radical (unpaired) electrons. The summed E-state index contributed by atoms with van der Waals surface area (Å²) in [6.45, 7) is 54.4. The van der Waals surface area contributed by atoms with Crippen LogP contribution in [0.25, 0.3) is 97.2 Å². The summed E-state index contributed by atoms with van der Waals surface area (Å²) in [5.74, 6) is 0.823. The highest BCUT2D eigenvalue weighted by Crippen LogP contribution is 2.21. The number of para-hydroxylation sites is 2. The van der Waals surface area contributed by atoms with Crippen LogP contribution in [-0.4, -0.2) is 54.8 Å². The summed E-state index contributed by atoms with van der Waals surface area (Å²) in [5, 5.41) is 19.7. The molecule has 18 rings (SSSR count). The van der Waals surface area contributed by atoms with Gasteiger partial charge in [0.05, 0.1) is 11.0 Å². The molecule has 0 saturated heterocycles. The van der Waals surface area contributed by atoms with E-state index >= 15 is 0 Å². The van der Waals surface area contributed by atoms with Gasteiger partial charge in [-0.25, -0.2) is 19.9 Å². The van der Waals surface area contributed by atoms with E-state index in [2.05, 4.69) is 211 Å². The lowest BCUT2D eigenvalue weighted by Crippen LogP contribution is -1.86. The summed E-state index contributed by atoms with van der Waals surface area (Å²) >= 11 is 0. The van der Waals surface area contributed by atoms with Gasteiger partial charge in [0.15, 0.2) is 0 Å². The van der Waals surface area contributed by atoms with Gasteiger partial charge >= 0.3 is 0 Å². The molecule has 0 N–H and O–H groups in total. The molecule has 0 aliphatic carbocycles. The second kappa shape index (κ2) is 62.9. The quantitative estimate of drug-likeness (QED) is 0.143. The van der Waals surface area contributed by atoms with Crippen molar-refractivity contribution in [3.63, 3.8) is 0 Å². The van der Waals surface area contributed by atoms with Crippen LogP contribution in [0.15, 0.2) is 317 Å². The molecule has 0 atom stereocenters. The number of rotatable bonds is 0. The van der Waals surface area contributed by atoms with Gasteiger partial charge in [0, 0.05) is 146 Å². The molecule has 0 unspecified atom stereocenters. The highest BCUT2D eigenvalue weighted by molar-refractivity contribution is 5.88. The van der Waals surface area contributed by atoms with E-state index in [1.807, 2.05) is 342 Å². The van der Waals surface area contributed by atoms with Crippen LogP contribution >= 0.6 is 0 Å². The van der Waals surface area contributed by atoms with E-state index in [0.717, 1.165) is 44.7 Å². The van der Waals surface area contributed by atoms with E-state index in [1.165, 1.54) is 103 Å². The van der Waals surface area contributed by atoms with Crippen molar-refractivity contribution in [2.24, 2.45) is 0 Å². The minimum Gasteiger partial charge on any atom is -0.264 e. The number of aryl methyl sites for hydroxylation is 9. The summed E-state index contributed by atoms with van der Waals surface area (Å²) in [6, 6.07) is 78.3. The Morgan fingerprint density at radius 3 is 1.19 bits per heavy atom. The molecular formula is C106H133N11. The van der Waals surface area contributed by atoms with Crippen molar-refractivity contribution in [3.8, 4) is 0 Å². The van der Waals surface area contributed by atoms with Crippen LogP contribution in [-0.2, 0) is 0 Å². The van der Waals surface area contributed by atoms with E-state index in [4.69, 9.17) is 0 Å². The van der Waals surface area contributed by atoms with Crippen LogP contribution in [0.3, 0.4) is 0 Å². The Bertz CT molecular complexity index is 4810. The number of pyridine rings is 7.